The van der Waals surface area contributed by atoms with Crippen LogP contribution in [0, 0.1) is 0 Å². The molecule has 0 atom stereocenters. The molecule has 30 heavy (non-hydrogen) atoms. The Morgan fingerprint density at radius 3 is 2.60 bits per heavy atom. The van der Waals surface area contributed by atoms with Crippen LogP contribution in [0.15, 0.2) is 65.1 Å². The first-order chi connectivity index (χ1) is 13.7. The molecule has 0 aliphatic carbocycles. The summed E-state index contributed by atoms with van der Waals surface area (Å²) in [6.07, 6.45) is 5.86. The van der Waals surface area contributed by atoms with E-state index in [1.807, 2.05) is 35.5 Å². The third-order valence-corrected chi connectivity index (χ3v) is 4.70. The Kier molecular flexibility index (Phi) is 8.97. The molecular formula is C20H25Br2N7O. The Bertz CT molecular complexity index is 1010. The smallest absolute Gasteiger partial charge is 0.286 e. The van der Waals surface area contributed by atoms with E-state index in [1.54, 1.807) is 6.21 Å². The monoisotopic (exact) mass is 537 g/mol. The highest BCUT2D eigenvalue weighted by Crippen LogP contribution is 2.19. The number of imidazole rings is 1. The molecule has 3 aromatic rings. The van der Waals surface area contributed by atoms with Crippen molar-refractivity contribution in [1.82, 2.24) is 15.0 Å². The fourth-order valence-electron chi connectivity index (χ4n) is 3.21. The second-order valence-corrected chi connectivity index (χ2v) is 6.60. The molecule has 3 heterocycles. The van der Waals surface area contributed by atoms with E-state index >= 15 is 0 Å². The summed E-state index contributed by atoms with van der Waals surface area (Å²) in [5.74, 6) is 0.266. The highest BCUT2D eigenvalue weighted by atomic mass is 79.9. The molecule has 0 bridgehead atoms. The van der Waals surface area contributed by atoms with Crippen LogP contribution in [0.3, 0.4) is 0 Å². The molecular weight excluding hydrogens is 514 g/mol. The number of nitrogens with one attached hydrogen (secondary N) is 1. The number of benzene rings is 1. The largest absolute Gasteiger partial charge is 1.00 e. The number of fused-ring (bicyclic) bond motifs is 1. The second-order valence-electron chi connectivity index (χ2n) is 6.60. The van der Waals surface area contributed by atoms with Crippen molar-refractivity contribution in [3.8, 4) is 11.3 Å². The number of guanidine groups is 1. The van der Waals surface area contributed by atoms with E-state index in [9.17, 15) is 0 Å². The topological polar surface area (TPSA) is 84.3 Å². The van der Waals surface area contributed by atoms with Gasteiger partial charge in [0, 0.05) is 24.7 Å². The van der Waals surface area contributed by atoms with Crippen LogP contribution >= 0.6 is 17.0 Å². The number of nitrogens with zero attached hydrogens (tertiary/aromatic N) is 5. The SMILES string of the molecule is Br.Cn1c(-c2ccc(/C=N/N=C(\N)NN3CCOCC3)cc2)c[n+]2ccccc12.[Br-]. The Balaban J connectivity index is 0.00000160. The molecule has 1 saturated heterocycles. The van der Waals surface area contributed by atoms with E-state index < -0.39 is 0 Å². The molecule has 1 aliphatic heterocycles. The number of hydrazine groups is 1. The number of halogens is 2. The van der Waals surface area contributed by atoms with Crippen molar-refractivity contribution in [2.24, 2.45) is 23.0 Å². The first kappa shape index (κ1) is 24.0. The van der Waals surface area contributed by atoms with Gasteiger partial charge in [0.2, 0.25) is 5.96 Å². The van der Waals surface area contributed by atoms with Crippen LogP contribution in [-0.4, -0.2) is 48.1 Å². The number of hydrogen-bond acceptors (Lipinski definition) is 4. The van der Waals surface area contributed by atoms with Gasteiger partial charge in [-0.05, 0) is 23.8 Å². The predicted molar refractivity (Wildman–Crippen MR) is 119 cm³/mol. The average Bonchev–Trinajstić information content (AvgIpc) is 3.06. The number of pyridine rings is 1. The molecule has 10 heteroatoms. The fraction of sp³-hybridized carbons (Fsp3) is 0.250. The van der Waals surface area contributed by atoms with Gasteiger partial charge in [-0.15, -0.1) is 22.1 Å². The molecule has 0 radical (unpaired) electrons. The first-order valence-electron chi connectivity index (χ1n) is 9.23. The van der Waals surface area contributed by atoms with Gasteiger partial charge in [0.1, 0.15) is 6.20 Å². The van der Waals surface area contributed by atoms with E-state index in [0.29, 0.717) is 13.2 Å². The van der Waals surface area contributed by atoms with Gasteiger partial charge < -0.3 is 27.5 Å². The first-order valence-corrected chi connectivity index (χ1v) is 9.23. The zero-order valence-corrected chi connectivity index (χ0v) is 19.9. The molecule has 160 valence electrons. The summed E-state index contributed by atoms with van der Waals surface area (Å²) >= 11 is 0. The number of aromatic nitrogens is 2. The molecule has 1 aliphatic rings. The summed E-state index contributed by atoms with van der Waals surface area (Å²) in [6, 6.07) is 14.3. The van der Waals surface area contributed by atoms with Gasteiger partial charge in [-0.2, -0.15) is 5.10 Å². The van der Waals surface area contributed by atoms with E-state index in [0.717, 1.165) is 35.6 Å². The average molecular weight is 539 g/mol. The quantitative estimate of drug-likeness (QED) is 0.183. The van der Waals surface area contributed by atoms with Crippen LogP contribution in [0.25, 0.3) is 16.9 Å². The lowest BCUT2D eigenvalue weighted by molar-refractivity contribution is -0.510. The third-order valence-electron chi connectivity index (χ3n) is 4.70. The molecule has 0 spiro atoms. The highest BCUT2D eigenvalue weighted by molar-refractivity contribution is 8.93. The lowest BCUT2D eigenvalue weighted by Gasteiger charge is -2.26. The number of aryl methyl sites for hydroxylation is 1. The lowest BCUT2D eigenvalue weighted by Crippen LogP contribution is -3.00. The minimum Gasteiger partial charge on any atom is -1.00 e. The van der Waals surface area contributed by atoms with Crippen molar-refractivity contribution in [2.45, 2.75) is 0 Å². The maximum Gasteiger partial charge on any atom is 0.286 e. The van der Waals surface area contributed by atoms with Crippen LogP contribution in [0.5, 0.6) is 0 Å². The van der Waals surface area contributed by atoms with Gasteiger partial charge in [-0.3, -0.25) is 5.43 Å². The van der Waals surface area contributed by atoms with Gasteiger partial charge in [-0.1, -0.05) is 18.2 Å². The van der Waals surface area contributed by atoms with Gasteiger partial charge in [-0.25, -0.2) is 14.0 Å². The number of nitrogens with two attached hydrogens (primary N) is 1. The van der Waals surface area contributed by atoms with Crippen molar-refractivity contribution in [1.29, 1.82) is 0 Å². The molecule has 1 fully saturated rings. The van der Waals surface area contributed by atoms with Crippen molar-refractivity contribution >= 4 is 34.8 Å². The predicted octanol–water partition coefficient (Wildman–Crippen LogP) is -1.50. The summed E-state index contributed by atoms with van der Waals surface area (Å²) in [5, 5.41) is 10.0. The van der Waals surface area contributed by atoms with Crippen molar-refractivity contribution in [3.63, 3.8) is 0 Å². The van der Waals surface area contributed by atoms with Gasteiger partial charge >= 0.3 is 0 Å². The second kappa shape index (κ2) is 11.2. The number of hydrogen-bond donors (Lipinski definition) is 2. The van der Waals surface area contributed by atoms with Crippen LogP contribution in [0.2, 0.25) is 0 Å². The zero-order chi connectivity index (χ0) is 19.3. The summed E-state index contributed by atoms with van der Waals surface area (Å²) in [7, 11) is 2.07. The molecule has 8 nitrogen and oxygen atoms in total. The van der Waals surface area contributed by atoms with Crippen LogP contribution < -0.4 is 32.5 Å². The molecule has 1 aromatic carbocycles. The highest BCUT2D eigenvalue weighted by Gasteiger charge is 2.14. The zero-order valence-electron chi connectivity index (χ0n) is 16.6. The molecule has 0 saturated carbocycles. The van der Waals surface area contributed by atoms with Crippen LogP contribution in [0.1, 0.15) is 5.56 Å². The fourth-order valence-corrected chi connectivity index (χ4v) is 3.21. The van der Waals surface area contributed by atoms with Gasteiger partial charge in [0.15, 0.2) is 5.69 Å². The Labute approximate surface area is 196 Å². The third kappa shape index (κ3) is 5.66. The molecule has 0 unspecified atom stereocenters. The molecule has 3 N–H and O–H groups in total. The van der Waals surface area contributed by atoms with Crippen LogP contribution in [-0.2, 0) is 11.8 Å². The normalized spacial score (nSPS) is 15.0. The van der Waals surface area contributed by atoms with Crippen molar-refractivity contribution in [3.05, 3.63) is 60.4 Å². The Morgan fingerprint density at radius 2 is 1.90 bits per heavy atom. The Morgan fingerprint density at radius 1 is 1.17 bits per heavy atom. The van der Waals surface area contributed by atoms with Crippen LogP contribution in [0.4, 0.5) is 0 Å². The van der Waals surface area contributed by atoms with E-state index in [2.05, 4.69) is 56.0 Å². The van der Waals surface area contributed by atoms with Gasteiger partial charge in [0.05, 0.1) is 32.7 Å². The van der Waals surface area contributed by atoms with E-state index in [-0.39, 0.29) is 39.9 Å². The Hall–Kier alpha value is -2.27. The molecule has 2 aromatic heterocycles. The summed E-state index contributed by atoms with van der Waals surface area (Å²) in [6.45, 7) is 2.91. The number of ether oxygens (including phenoxy) is 1. The van der Waals surface area contributed by atoms with E-state index in [4.69, 9.17) is 10.5 Å². The summed E-state index contributed by atoms with van der Waals surface area (Å²) in [4.78, 5) is 0. The number of rotatable bonds is 4. The molecule has 4 rings (SSSR count). The summed E-state index contributed by atoms with van der Waals surface area (Å²) < 4.78 is 9.58. The van der Waals surface area contributed by atoms with Gasteiger partial charge in [0.25, 0.3) is 5.65 Å². The number of morpholine rings is 1. The van der Waals surface area contributed by atoms with Crippen molar-refractivity contribution in [2.75, 3.05) is 26.3 Å². The lowest BCUT2D eigenvalue weighted by atomic mass is 10.1. The summed E-state index contributed by atoms with van der Waals surface area (Å²) in [5.41, 5.74) is 13.3. The van der Waals surface area contributed by atoms with Crippen molar-refractivity contribution < 1.29 is 26.1 Å². The minimum absolute atomic E-state index is 0. The van der Waals surface area contributed by atoms with E-state index in [1.165, 1.54) is 0 Å². The molecule has 0 amide bonds. The maximum absolute atomic E-state index is 5.86. The minimum atomic E-state index is 0. The maximum atomic E-state index is 5.86. The standard InChI is InChI=1S/C20H24N7O.2BrH/c1-25-18(15-26-9-3-2-4-19(25)26)17-7-5-16(6-8-17)14-22-23-20(21)24-27-10-12-28-13-11-27;;/h2-9,14-15H,10-13H2,1H3,(H3,21,23,24);2*1H/q+1;;/p-1/b22-14+;;.